The number of unbranched alkanes of at least 4 members (excludes halogenated alkanes) is 1. The van der Waals surface area contributed by atoms with Crippen LogP contribution in [0.25, 0.3) is 11.0 Å². The summed E-state index contributed by atoms with van der Waals surface area (Å²) in [6, 6.07) is 9.56. The fourth-order valence-electron chi connectivity index (χ4n) is 3.28. The van der Waals surface area contributed by atoms with Crippen molar-refractivity contribution < 1.29 is 17.9 Å². The van der Waals surface area contributed by atoms with Crippen LogP contribution in [-0.4, -0.2) is 36.3 Å². The van der Waals surface area contributed by atoms with Gasteiger partial charge in [0.25, 0.3) is 5.91 Å². The van der Waals surface area contributed by atoms with E-state index < -0.39 is 15.7 Å². The monoisotopic (exact) mass is 431 g/mol. The van der Waals surface area contributed by atoms with Crippen LogP contribution in [0, 0.1) is 0 Å². The number of methoxy groups -OCH3 is 1. The van der Waals surface area contributed by atoms with Crippen molar-refractivity contribution in [2.24, 2.45) is 14.1 Å². The number of anilines is 1. The number of aromatic nitrogens is 2. The van der Waals surface area contributed by atoms with Gasteiger partial charge in [0.15, 0.2) is 9.84 Å². The molecule has 1 N–H and O–H groups in total. The van der Waals surface area contributed by atoms with Crippen LogP contribution in [-0.2, 0) is 23.9 Å². The minimum absolute atomic E-state index is 0.000830. The van der Waals surface area contributed by atoms with Gasteiger partial charge < -0.3 is 10.1 Å². The maximum Gasteiger partial charge on any atom is 0.328 e. The molecule has 3 rings (SSSR count). The lowest BCUT2D eigenvalue weighted by Gasteiger charge is -2.13. The minimum Gasteiger partial charge on any atom is -0.497 e. The van der Waals surface area contributed by atoms with Gasteiger partial charge in [0.05, 0.1) is 34.5 Å². The average Bonchev–Trinajstić information content (AvgIpc) is 2.95. The highest BCUT2D eigenvalue weighted by Crippen LogP contribution is 2.29. The van der Waals surface area contributed by atoms with Gasteiger partial charge in [0.2, 0.25) is 0 Å². The molecule has 0 unspecified atom stereocenters. The number of ether oxygens (including phenoxy) is 1. The van der Waals surface area contributed by atoms with Gasteiger partial charge in [-0.1, -0.05) is 19.4 Å². The highest BCUT2D eigenvalue weighted by Gasteiger charge is 2.23. The molecule has 0 bridgehead atoms. The number of hydrogen-bond donors (Lipinski definition) is 1. The van der Waals surface area contributed by atoms with Gasteiger partial charge in [-0.3, -0.25) is 13.9 Å². The molecule has 0 aliphatic carbocycles. The largest absolute Gasteiger partial charge is 0.497 e. The number of fused-ring (bicyclic) bond motifs is 1. The average molecular weight is 432 g/mol. The zero-order valence-electron chi connectivity index (χ0n) is 17.4. The topological polar surface area (TPSA) is 99.4 Å². The van der Waals surface area contributed by atoms with Crippen LogP contribution >= 0.6 is 0 Å². The first-order chi connectivity index (χ1) is 14.2. The van der Waals surface area contributed by atoms with Crippen LogP contribution in [0.15, 0.2) is 46.1 Å². The number of imidazole rings is 1. The Morgan fingerprint density at radius 2 is 1.77 bits per heavy atom. The summed E-state index contributed by atoms with van der Waals surface area (Å²) in [4.78, 5) is 25.2. The lowest BCUT2D eigenvalue weighted by atomic mass is 10.2. The minimum atomic E-state index is -3.67. The molecule has 1 amide bonds. The number of nitrogens with one attached hydrogen (secondary N) is 1. The molecule has 160 valence electrons. The molecule has 0 atom stereocenters. The van der Waals surface area contributed by atoms with Crippen molar-refractivity contribution in [2.45, 2.75) is 24.7 Å². The van der Waals surface area contributed by atoms with Crippen molar-refractivity contribution in [1.82, 2.24) is 9.13 Å². The molecule has 0 saturated heterocycles. The SMILES string of the molecule is CCCCS(=O)(=O)c1cc2c(cc1NC(=O)c1cccc(OC)c1)n(C)c(=O)n2C. The number of hydrogen-bond acceptors (Lipinski definition) is 5. The van der Waals surface area contributed by atoms with Crippen LogP contribution < -0.4 is 15.7 Å². The summed E-state index contributed by atoms with van der Waals surface area (Å²) in [5, 5.41) is 2.71. The van der Waals surface area contributed by atoms with Crippen LogP contribution in [0.2, 0.25) is 0 Å². The van der Waals surface area contributed by atoms with E-state index in [1.54, 1.807) is 38.4 Å². The van der Waals surface area contributed by atoms with E-state index in [-0.39, 0.29) is 22.0 Å². The number of sulfone groups is 1. The van der Waals surface area contributed by atoms with E-state index in [0.29, 0.717) is 28.8 Å². The first-order valence-electron chi connectivity index (χ1n) is 9.57. The summed E-state index contributed by atoms with van der Waals surface area (Å²) in [7, 11) is 1.02. The maximum atomic E-state index is 13.0. The molecule has 3 aromatic rings. The van der Waals surface area contributed by atoms with Crippen molar-refractivity contribution in [3.63, 3.8) is 0 Å². The Morgan fingerprint density at radius 3 is 2.40 bits per heavy atom. The molecule has 0 aliphatic rings. The third-order valence-electron chi connectivity index (χ3n) is 5.06. The fourth-order valence-corrected chi connectivity index (χ4v) is 4.91. The number of benzene rings is 2. The molecule has 0 saturated carbocycles. The van der Waals surface area contributed by atoms with Crippen LogP contribution in [0.1, 0.15) is 30.1 Å². The smallest absolute Gasteiger partial charge is 0.328 e. The Morgan fingerprint density at radius 1 is 1.10 bits per heavy atom. The summed E-state index contributed by atoms with van der Waals surface area (Å²) in [6.07, 6.45) is 1.22. The third kappa shape index (κ3) is 3.97. The predicted molar refractivity (Wildman–Crippen MR) is 116 cm³/mol. The van der Waals surface area contributed by atoms with Crippen molar-refractivity contribution in [1.29, 1.82) is 0 Å². The summed E-state index contributed by atoms with van der Waals surface area (Å²) < 4.78 is 34.0. The molecule has 0 radical (unpaired) electrons. The van der Waals surface area contributed by atoms with E-state index in [1.165, 1.54) is 28.4 Å². The molecule has 0 aliphatic heterocycles. The normalized spacial score (nSPS) is 11.6. The molecule has 2 aromatic carbocycles. The second-order valence-corrected chi connectivity index (χ2v) is 9.17. The molecular weight excluding hydrogens is 406 g/mol. The van der Waals surface area contributed by atoms with Gasteiger partial charge >= 0.3 is 5.69 Å². The Kier molecular flexibility index (Phi) is 6.02. The van der Waals surface area contributed by atoms with E-state index in [1.807, 2.05) is 6.92 Å². The molecule has 1 aromatic heterocycles. The van der Waals surface area contributed by atoms with Gasteiger partial charge in [-0.25, -0.2) is 13.2 Å². The molecular formula is C21H25N3O5S. The molecule has 30 heavy (non-hydrogen) atoms. The molecule has 9 heteroatoms. The fraction of sp³-hybridized carbons (Fsp3) is 0.333. The number of rotatable bonds is 7. The quantitative estimate of drug-likeness (QED) is 0.620. The van der Waals surface area contributed by atoms with E-state index >= 15 is 0 Å². The second kappa shape index (κ2) is 8.35. The summed E-state index contributed by atoms with van der Waals surface area (Å²) >= 11 is 0. The van der Waals surface area contributed by atoms with Crippen molar-refractivity contribution in [2.75, 3.05) is 18.2 Å². The Labute approximate surface area is 175 Å². The third-order valence-corrected chi connectivity index (χ3v) is 6.89. The predicted octanol–water partition coefficient (Wildman–Crippen LogP) is 2.71. The number of nitrogens with zero attached hydrogens (tertiary/aromatic N) is 2. The van der Waals surface area contributed by atoms with Gasteiger partial charge in [0, 0.05) is 19.7 Å². The van der Waals surface area contributed by atoms with Crippen LogP contribution in [0.5, 0.6) is 5.75 Å². The van der Waals surface area contributed by atoms with E-state index in [0.717, 1.165) is 6.42 Å². The van der Waals surface area contributed by atoms with Gasteiger partial charge in [-0.05, 0) is 36.8 Å². The standard InChI is InChI=1S/C21H25N3O5S/c1-5-6-10-30(27,28)19-13-18-17(23(2)21(26)24(18)3)12-16(19)22-20(25)14-8-7-9-15(11-14)29-4/h7-9,11-13H,5-6,10H2,1-4H3,(H,22,25). The van der Waals surface area contributed by atoms with E-state index in [2.05, 4.69) is 5.32 Å². The van der Waals surface area contributed by atoms with Crippen molar-refractivity contribution >= 4 is 32.5 Å². The molecule has 8 nitrogen and oxygen atoms in total. The molecule has 0 fully saturated rings. The number of amides is 1. The zero-order chi connectivity index (χ0) is 22.1. The highest BCUT2D eigenvalue weighted by atomic mass is 32.2. The van der Waals surface area contributed by atoms with Crippen molar-refractivity contribution in [3.8, 4) is 5.75 Å². The van der Waals surface area contributed by atoms with Gasteiger partial charge in [0.1, 0.15) is 5.75 Å². The highest BCUT2D eigenvalue weighted by molar-refractivity contribution is 7.91. The Balaban J connectivity index is 2.15. The summed E-state index contributed by atoms with van der Waals surface area (Å²) in [5.41, 5.74) is 1.20. The number of aryl methyl sites for hydroxylation is 2. The van der Waals surface area contributed by atoms with Crippen LogP contribution in [0.4, 0.5) is 5.69 Å². The zero-order valence-corrected chi connectivity index (χ0v) is 18.2. The summed E-state index contributed by atoms with van der Waals surface area (Å²) in [6.45, 7) is 1.91. The lowest BCUT2D eigenvalue weighted by molar-refractivity contribution is 0.102. The Hall–Kier alpha value is -3.07. The molecule has 1 heterocycles. The van der Waals surface area contributed by atoms with Gasteiger partial charge in [-0.15, -0.1) is 0 Å². The van der Waals surface area contributed by atoms with E-state index in [9.17, 15) is 18.0 Å². The summed E-state index contributed by atoms with van der Waals surface area (Å²) in [5.74, 6) is -0.00173. The lowest BCUT2D eigenvalue weighted by Crippen LogP contribution is -2.19. The van der Waals surface area contributed by atoms with E-state index in [4.69, 9.17) is 4.74 Å². The molecule has 0 spiro atoms. The second-order valence-electron chi connectivity index (χ2n) is 7.10. The van der Waals surface area contributed by atoms with Crippen molar-refractivity contribution in [3.05, 3.63) is 52.4 Å². The first-order valence-corrected chi connectivity index (χ1v) is 11.2. The Bertz CT molecular complexity index is 1270. The number of carbonyl (C=O) groups is 1. The maximum absolute atomic E-state index is 13.0. The van der Waals surface area contributed by atoms with Gasteiger partial charge in [-0.2, -0.15) is 0 Å². The first kappa shape index (κ1) is 21.6. The number of carbonyl (C=O) groups excluding carboxylic acids is 1. The van der Waals surface area contributed by atoms with Crippen LogP contribution in [0.3, 0.4) is 0 Å².